The van der Waals surface area contributed by atoms with Crippen LogP contribution in [0.4, 0.5) is 5.69 Å². The molecule has 1 amide bonds. The lowest BCUT2D eigenvalue weighted by atomic mass is 9.96. The summed E-state index contributed by atoms with van der Waals surface area (Å²) in [7, 11) is -3.16. The Labute approximate surface area is 126 Å². The van der Waals surface area contributed by atoms with Gasteiger partial charge in [0.05, 0.1) is 10.8 Å². The van der Waals surface area contributed by atoms with E-state index in [2.05, 4.69) is 10.2 Å². The first-order chi connectivity index (χ1) is 9.56. The summed E-state index contributed by atoms with van der Waals surface area (Å²) in [6, 6.07) is 6.78. The lowest BCUT2D eigenvalue weighted by Gasteiger charge is -2.41. The molecule has 0 bridgehead atoms. The van der Waals surface area contributed by atoms with Gasteiger partial charge in [-0.05, 0) is 45.0 Å². The summed E-state index contributed by atoms with van der Waals surface area (Å²) in [5.41, 5.74) is 0.733. The Bertz CT molecular complexity index is 624. The number of anilines is 1. The summed E-state index contributed by atoms with van der Waals surface area (Å²) in [6.45, 7) is 7.22. The predicted molar refractivity (Wildman–Crippen MR) is 83.2 cm³/mol. The van der Waals surface area contributed by atoms with Gasteiger partial charge in [0.1, 0.15) is 0 Å². The fraction of sp³-hybridized carbons (Fsp3) is 0.533. The van der Waals surface area contributed by atoms with Crippen molar-refractivity contribution >= 4 is 21.4 Å². The van der Waals surface area contributed by atoms with Crippen LogP contribution < -0.4 is 10.2 Å². The Morgan fingerprint density at radius 1 is 1.19 bits per heavy atom. The van der Waals surface area contributed by atoms with Crippen molar-refractivity contribution in [2.75, 3.05) is 24.2 Å². The van der Waals surface area contributed by atoms with Gasteiger partial charge in [0.15, 0.2) is 9.84 Å². The number of carbonyl (C=O) groups is 1. The van der Waals surface area contributed by atoms with Crippen molar-refractivity contribution in [1.29, 1.82) is 0 Å². The first kappa shape index (κ1) is 15.8. The smallest absolute Gasteiger partial charge is 0.227 e. The van der Waals surface area contributed by atoms with Crippen molar-refractivity contribution in [1.82, 2.24) is 5.32 Å². The lowest BCUT2D eigenvalue weighted by Crippen LogP contribution is -2.56. The Morgan fingerprint density at radius 3 is 2.14 bits per heavy atom. The van der Waals surface area contributed by atoms with Crippen LogP contribution in [-0.4, -0.2) is 39.2 Å². The number of hydrogen-bond acceptors (Lipinski definition) is 4. The third kappa shape index (κ3) is 3.97. The molecule has 0 aromatic heterocycles. The lowest BCUT2D eigenvalue weighted by molar-refractivity contribution is -0.127. The number of hydrogen-bond donors (Lipinski definition) is 1. The maximum atomic E-state index is 12.0. The molecule has 1 aliphatic heterocycles. The molecular formula is C15H22N2O3S. The zero-order valence-corrected chi connectivity index (χ0v) is 13.7. The molecule has 0 spiro atoms. The van der Waals surface area contributed by atoms with Gasteiger partial charge in [-0.2, -0.15) is 0 Å². The van der Waals surface area contributed by atoms with Gasteiger partial charge < -0.3 is 10.2 Å². The van der Waals surface area contributed by atoms with E-state index in [-0.39, 0.29) is 17.4 Å². The highest BCUT2D eigenvalue weighted by molar-refractivity contribution is 7.90. The van der Waals surface area contributed by atoms with Gasteiger partial charge in [-0.25, -0.2) is 8.42 Å². The zero-order valence-electron chi connectivity index (χ0n) is 12.9. The number of amides is 1. The van der Waals surface area contributed by atoms with Crippen LogP contribution in [0.3, 0.4) is 0 Å². The molecule has 0 atom stereocenters. The highest BCUT2D eigenvalue weighted by Crippen LogP contribution is 2.26. The number of sulfone groups is 1. The van der Waals surface area contributed by atoms with Crippen LogP contribution in [0.5, 0.6) is 0 Å². The number of benzene rings is 1. The fourth-order valence-corrected chi connectivity index (χ4v) is 2.86. The van der Waals surface area contributed by atoms with Gasteiger partial charge in [0.25, 0.3) is 0 Å². The molecule has 1 aliphatic rings. The molecule has 0 unspecified atom stereocenters. The molecule has 1 N–H and O–H groups in total. The summed E-state index contributed by atoms with van der Waals surface area (Å²) in [6.07, 6.45) is 1.19. The summed E-state index contributed by atoms with van der Waals surface area (Å²) >= 11 is 0. The molecule has 1 aromatic carbocycles. The number of rotatable bonds is 3. The third-order valence-electron chi connectivity index (χ3n) is 3.38. The molecule has 1 aromatic rings. The van der Waals surface area contributed by atoms with E-state index >= 15 is 0 Å². The summed E-state index contributed by atoms with van der Waals surface area (Å²) in [5, 5.41) is 2.98. The van der Waals surface area contributed by atoms with Crippen LogP contribution in [0, 0.1) is 5.92 Å². The Hall–Kier alpha value is -1.56. The largest absolute Gasteiger partial charge is 0.370 e. The molecule has 1 saturated heterocycles. The molecule has 6 heteroatoms. The molecule has 116 valence electrons. The van der Waals surface area contributed by atoms with E-state index in [1.165, 1.54) is 6.26 Å². The normalized spacial score (nSPS) is 16.5. The van der Waals surface area contributed by atoms with Crippen LogP contribution in [0.1, 0.15) is 20.8 Å². The van der Waals surface area contributed by atoms with E-state index < -0.39 is 9.84 Å². The second-order valence-electron chi connectivity index (χ2n) is 6.61. The number of nitrogens with zero attached hydrogens (tertiary/aromatic N) is 1. The predicted octanol–water partition coefficient (Wildman–Crippen LogP) is 1.44. The van der Waals surface area contributed by atoms with Crippen LogP contribution in [-0.2, 0) is 14.6 Å². The Balaban J connectivity index is 1.94. The minimum Gasteiger partial charge on any atom is -0.370 e. The fourth-order valence-electron chi connectivity index (χ4n) is 2.23. The maximum Gasteiger partial charge on any atom is 0.227 e. The minimum absolute atomic E-state index is 0.00110. The van der Waals surface area contributed by atoms with Crippen molar-refractivity contribution < 1.29 is 13.2 Å². The summed E-state index contributed by atoms with van der Waals surface area (Å²) in [4.78, 5) is 14.4. The highest BCUT2D eigenvalue weighted by Gasteiger charge is 2.34. The van der Waals surface area contributed by atoms with Crippen molar-refractivity contribution in [3.63, 3.8) is 0 Å². The monoisotopic (exact) mass is 310 g/mol. The minimum atomic E-state index is -3.16. The molecule has 1 fully saturated rings. The van der Waals surface area contributed by atoms with Gasteiger partial charge in [0, 0.05) is 30.6 Å². The molecule has 1 heterocycles. The Kier molecular flexibility index (Phi) is 4.02. The second kappa shape index (κ2) is 5.33. The Morgan fingerprint density at radius 2 is 1.71 bits per heavy atom. The van der Waals surface area contributed by atoms with Gasteiger partial charge in [-0.3, -0.25) is 4.79 Å². The van der Waals surface area contributed by atoms with E-state index in [4.69, 9.17) is 0 Å². The van der Waals surface area contributed by atoms with Crippen molar-refractivity contribution in [3.8, 4) is 0 Å². The summed E-state index contributed by atoms with van der Waals surface area (Å²) < 4.78 is 22.8. The standard InChI is InChI=1S/C15H22N2O3S/c1-15(2,3)16-14(18)11-9-17(10-11)12-5-7-13(8-6-12)21(4,19)20/h5-8,11H,9-10H2,1-4H3,(H,16,18). The summed E-state index contributed by atoms with van der Waals surface area (Å²) in [5.74, 6) is 0.0744. The maximum absolute atomic E-state index is 12.0. The van der Waals surface area contributed by atoms with Crippen LogP contribution in [0.15, 0.2) is 29.2 Å². The average Bonchev–Trinajstić information content (AvgIpc) is 2.23. The van der Waals surface area contributed by atoms with E-state index in [1.54, 1.807) is 24.3 Å². The van der Waals surface area contributed by atoms with Crippen LogP contribution >= 0.6 is 0 Å². The molecule has 21 heavy (non-hydrogen) atoms. The molecule has 2 rings (SSSR count). The van der Waals surface area contributed by atoms with Gasteiger partial charge in [-0.15, -0.1) is 0 Å². The molecule has 0 aliphatic carbocycles. The second-order valence-corrected chi connectivity index (χ2v) is 8.62. The van der Waals surface area contributed by atoms with Gasteiger partial charge >= 0.3 is 0 Å². The van der Waals surface area contributed by atoms with E-state index in [0.29, 0.717) is 18.0 Å². The number of carbonyl (C=O) groups excluding carboxylic acids is 1. The number of nitrogens with one attached hydrogen (secondary N) is 1. The molecule has 0 radical (unpaired) electrons. The van der Waals surface area contributed by atoms with Gasteiger partial charge in [0.2, 0.25) is 5.91 Å². The quantitative estimate of drug-likeness (QED) is 0.917. The topological polar surface area (TPSA) is 66.5 Å². The van der Waals surface area contributed by atoms with E-state index in [0.717, 1.165) is 5.69 Å². The van der Waals surface area contributed by atoms with Crippen LogP contribution in [0.25, 0.3) is 0 Å². The first-order valence-corrected chi connectivity index (χ1v) is 8.82. The average molecular weight is 310 g/mol. The first-order valence-electron chi connectivity index (χ1n) is 6.93. The van der Waals surface area contributed by atoms with E-state index in [1.807, 2.05) is 20.8 Å². The van der Waals surface area contributed by atoms with Crippen molar-refractivity contribution in [2.45, 2.75) is 31.2 Å². The van der Waals surface area contributed by atoms with Crippen molar-refractivity contribution in [3.05, 3.63) is 24.3 Å². The molecule has 0 saturated carbocycles. The zero-order chi connectivity index (χ0) is 15.8. The molecule has 5 nitrogen and oxygen atoms in total. The molecular weight excluding hydrogens is 288 g/mol. The van der Waals surface area contributed by atoms with Crippen molar-refractivity contribution in [2.24, 2.45) is 5.92 Å². The van der Waals surface area contributed by atoms with Gasteiger partial charge in [-0.1, -0.05) is 0 Å². The highest BCUT2D eigenvalue weighted by atomic mass is 32.2. The SMILES string of the molecule is CC(C)(C)NC(=O)C1CN(c2ccc(S(C)(=O)=O)cc2)C1. The van der Waals surface area contributed by atoms with Crippen LogP contribution in [0.2, 0.25) is 0 Å². The van der Waals surface area contributed by atoms with E-state index in [9.17, 15) is 13.2 Å². The third-order valence-corrected chi connectivity index (χ3v) is 4.51.